The van der Waals surface area contributed by atoms with Gasteiger partial charge in [-0.2, -0.15) is 12.6 Å². The topological polar surface area (TPSA) is 66.4 Å². The fraction of sp³-hybridized carbons (Fsp3) is 0.263. The minimum absolute atomic E-state index is 0.256. The number of carbonyl (C=O) groups is 2. The van der Waals surface area contributed by atoms with Crippen LogP contribution in [0.25, 0.3) is 0 Å². The fourth-order valence-corrected chi connectivity index (χ4v) is 2.77. The van der Waals surface area contributed by atoms with E-state index in [4.69, 9.17) is 0 Å². The number of thiol groups is 1. The Hall–Kier alpha value is -2.27. The van der Waals surface area contributed by atoms with Crippen LogP contribution in [0.2, 0.25) is 0 Å². The molecule has 2 aromatic rings. The van der Waals surface area contributed by atoms with Crippen molar-refractivity contribution in [3.8, 4) is 0 Å². The number of carboxylic acids is 1. The van der Waals surface area contributed by atoms with E-state index in [0.29, 0.717) is 12.2 Å². The molecule has 0 heterocycles. The molecule has 0 aromatic heterocycles. The molecule has 0 aliphatic carbocycles. The number of hydrogen-bond donors (Lipinski definition) is 3. The maximum absolute atomic E-state index is 12.5. The first-order valence-electron chi connectivity index (χ1n) is 7.82. The largest absolute Gasteiger partial charge is 0.480 e. The fourth-order valence-electron chi connectivity index (χ4n) is 2.48. The van der Waals surface area contributed by atoms with E-state index >= 15 is 0 Å². The van der Waals surface area contributed by atoms with Gasteiger partial charge in [0, 0.05) is 12.2 Å². The van der Waals surface area contributed by atoms with Crippen LogP contribution in [0.1, 0.15) is 11.1 Å². The van der Waals surface area contributed by atoms with Crippen LogP contribution in [0, 0.1) is 5.92 Å². The lowest BCUT2D eigenvalue weighted by Gasteiger charge is -2.19. The first-order chi connectivity index (χ1) is 11.6. The zero-order valence-electron chi connectivity index (χ0n) is 13.3. The third-order valence-corrected chi connectivity index (χ3v) is 4.25. The number of hydrogen-bond acceptors (Lipinski definition) is 3. The number of amides is 1. The molecule has 0 saturated carbocycles. The van der Waals surface area contributed by atoms with Crippen molar-refractivity contribution in [2.24, 2.45) is 5.92 Å². The van der Waals surface area contributed by atoms with Crippen LogP contribution in [0.15, 0.2) is 60.7 Å². The highest BCUT2D eigenvalue weighted by Gasteiger charge is 2.25. The molecule has 0 radical (unpaired) electrons. The summed E-state index contributed by atoms with van der Waals surface area (Å²) in [5.74, 6) is -1.33. The van der Waals surface area contributed by atoms with Crippen LogP contribution in [0.4, 0.5) is 0 Å². The van der Waals surface area contributed by atoms with Crippen molar-refractivity contribution in [3.05, 3.63) is 71.8 Å². The average molecular weight is 343 g/mol. The lowest BCUT2D eigenvalue weighted by atomic mass is 9.99. The molecule has 0 fully saturated rings. The molecule has 126 valence electrons. The van der Waals surface area contributed by atoms with Crippen LogP contribution in [0.3, 0.4) is 0 Å². The molecule has 5 heteroatoms. The molecular weight excluding hydrogens is 322 g/mol. The lowest BCUT2D eigenvalue weighted by Crippen LogP contribution is -2.45. The third kappa shape index (κ3) is 5.42. The maximum Gasteiger partial charge on any atom is 0.326 e. The Kier molecular flexibility index (Phi) is 6.88. The van der Waals surface area contributed by atoms with Crippen molar-refractivity contribution in [2.75, 3.05) is 5.75 Å². The van der Waals surface area contributed by atoms with Crippen molar-refractivity contribution < 1.29 is 14.7 Å². The Morgan fingerprint density at radius 2 is 1.42 bits per heavy atom. The van der Waals surface area contributed by atoms with Crippen molar-refractivity contribution in [1.29, 1.82) is 0 Å². The molecular formula is C19H21NO3S. The van der Waals surface area contributed by atoms with Crippen LogP contribution in [0.5, 0.6) is 0 Å². The summed E-state index contributed by atoms with van der Waals surface area (Å²) < 4.78 is 0. The number of benzene rings is 2. The second kappa shape index (κ2) is 9.13. The smallest absolute Gasteiger partial charge is 0.326 e. The molecule has 2 N–H and O–H groups in total. The molecule has 0 spiro atoms. The van der Waals surface area contributed by atoms with Crippen molar-refractivity contribution >= 4 is 24.5 Å². The predicted molar refractivity (Wildman–Crippen MR) is 97.2 cm³/mol. The number of carboxylic acid groups (broad SMARTS) is 1. The highest BCUT2D eigenvalue weighted by Crippen LogP contribution is 2.12. The van der Waals surface area contributed by atoms with Gasteiger partial charge in [-0.1, -0.05) is 60.7 Å². The van der Waals surface area contributed by atoms with Crippen LogP contribution in [-0.2, 0) is 22.4 Å². The van der Waals surface area contributed by atoms with E-state index in [-0.39, 0.29) is 18.2 Å². The third-order valence-electron chi connectivity index (χ3n) is 3.81. The molecule has 2 aromatic carbocycles. The SMILES string of the molecule is O=C(N[C@H](Cc1ccccc1)C(=O)O)C(CS)Cc1ccccc1. The zero-order chi connectivity index (χ0) is 17.4. The van der Waals surface area contributed by atoms with Gasteiger partial charge in [-0.05, 0) is 17.5 Å². The minimum atomic E-state index is -1.04. The summed E-state index contributed by atoms with van der Waals surface area (Å²) in [5, 5.41) is 12.0. The lowest BCUT2D eigenvalue weighted by molar-refractivity contribution is -0.142. The van der Waals surface area contributed by atoms with Crippen molar-refractivity contribution in [3.63, 3.8) is 0 Å². The maximum atomic E-state index is 12.5. The van der Waals surface area contributed by atoms with Gasteiger partial charge >= 0.3 is 5.97 Å². The predicted octanol–water partition coefficient (Wildman–Crippen LogP) is 2.59. The highest BCUT2D eigenvalue weighted by atomic mass is 32.1. The van der Waals surface area contributed by atoms with Gasteiger partial charge < -0.3 is 10.4 Å². The summed E-state index contributed by atoms with van der Waals surface area (Å²) in [4.78, 5) is 23.9. The molecule has 2 rings (SSSR count). The summed E-state index contributed by atoms with van der Waals surface area (Å²) in [6.45, 7) is 0. The molecule has 24 heavy (non-hydrogen) atoms. The van der Waals surface area contributed by atoms with E-state index in [1.807, 2.05) is 60.7 Å². The molecule has 4 nitrogen and oxygen atoms in total. The Balaban J connectivity index is 2.01. The molecule has 0 saturated heterocycles. The van der Waals surface area contributed by atoms with Gasteiger partial charge in [-0.3, -0.25) is 4.79 Å². The average Bonchev–Trinajstić information content (AvgIpc) is 2.60. The van der Waals surface area contributed by atoms with Crippen molar-refractivity contribution in [1.82, 2.24) is 5.32 Å². The number of carbonyl (C=O) groups excluding carboxylic acids is 1. The molecule has 0 bridgehead atoms. The van der Waals surface area contributed by atoms with E-state index < -0.39 is 12.0 Å². The van der Waals surface area contributed by atoms with Crippen LogP contribution in [-0.4, -0.2) is 28.8 Å². The normalized spacial score (nSPS) is 13.0. The molecule has 2 atom stereocenters. The van der Waals surface area contributed by atoms with Gasteiger partial charge in [0.15, 0.2) is 0 Å². The number of rotatable bonds is 8. The van der Waals surface area contributed by atoms with Gasteiger partial charge in [0.25, 0.3) is 0 Å². The summed E-state index contributed by atoms with van der Waals surface area (Å²) in [5.41, 5.74) is 1.90. The number of aliphatic carboxylic acids is 1. The van der Waals surface area contributed by atoms with Crippen molar-refractivity contribution in [2.45, 2.75) is 18.9 Å². The Labute approximate surface area is 147 Å². The Bertz CT molecular complexity index is 661. The van der Waals surface area contributed by atoms with E-state index in [1.165, 1.54) is 0 Å². The summed E-state index contributed by atoms with van der Waals surface area (Å²) in [6, 6.07) is 18.0. The van der Waals surface area contributed by atoms with Gasteiger partial charge in [-0.15, -0.1) is 0 Å². The van der Waals surface area contributed by atoms with E-state index in [1.54, 1.807) is 0 Å². The van der Waals surface area contributed by atoms with Gasteiger partial charge in [-0.25, -0.2) is 4.79 Å². The summed E-state index contributed by atoms with van der Waals surface area (Å²) in [7, 11) is 0. The second-order valence-corrected chi connectivity index (χ2v) is 6.02. The van der Waals surface area contributed by atoms with Gasteiger partial charge in [0.05, 0.1) is 5.92 Å². The summed E-state index contributed by atoms with van der Waals surface area (Å²) in [6.07, 6.45) is 0.792. The number of nitrogens with one attached hydrogen (secondary N) is 1. The molecule has 0 aliphatic heterocycles. The highest BCUT2D eigenvalue weighted by molar-refractivity contribution is 7.80. The van der Waals surface area contributed by atoms with Crippen LogP contribution < -0.4 is 5.32 Å². The second-order valence-electron chi connectivity index (χ2n) is 5.66. The standard InChI is InChI=1S/C19H21NO3S/c21-18(16(13-24)11-14-7-3-1-4-8-14)20-17(19(22)23)12-15-9-5-2-6-10-15/h1-10,16-17,24H,11-13H2,(H,20,21)(H,22,23)/t16?,17-/m1/s1. The molecule has 1 unspecified atom stereocenters. The van der Waals surface area contributed by atoms with E-state index in [0.717, 1.165) is 11.1 Å². The molecule has 1 amide bonds. The zero-order valence-corrected chi connectivity index (χ0v) is 14.2. The van der Waals surface area contributed by atoms with E-state index in [2.05, 4.69) is 17.9 Å². The van der Waals surface area contributed by atoms with Gasteiger partial charge in [0.1, 0.15) is 6.04 Å². The quantitative estimate of drug-likeness (QED) is 0.646. The Morgan fingerprint density at radius 1 is 0.917 bits per heavy atom. The minimum Gasteiger partial charge on any atom is -0.480 e. The van der Waals surface area contributed by atoms with Gasteiger partial charge in [0.2, 0.25) is 5.91 Å². The van der Waals surface area contributed by atoms with Crippen LogP contribution >= 0.6 is 12.6 Å². The monoisotopic (exact) mass is 343 g/mol. The van der Waals surface area contributed by atoms with E-state index in [9.17, 15) is 14.7 Å². The summed E-state index contributed by atoms with van der Waals surface area (Å²) >= 11 is 4.25. The first kappa shape index (κ1) is 18.1. The molecule has 0 aliphatic rings. The first-order valence-corrected chi connectivity index (χ1v) is 8.45. The Morgan fingerprint density at radius 3 is 1.88 bits per heavy atom.